The first kappa shape index (κ1) is 20.0. The van der Waals surface area contributed by atoms with Crippen molar-refractivity contribution in [1.82, 2.24) is 14.8 Å². The first-order valence-corrected chi connectivity index (χ1v) is 10.7. The number of amides is 1. The van der Waals surface area contributed by atoms with Gasteiger partial charge in [0.2, 0.25) is 11.7 Å². The van der Waals surface area contributed by atoms with Crippen molar-refractivity contribution in [3.63, 3.8) is 0 Å². The molecule has 152 valence electrons. The largest absolute Gasteiger partial charge is 0.461 e. The van der Waals surface area contributed by atoms with Crippen LogP contribution in [0.3, 0.4) is 0 Å². The van der Waals surface area contributed by atoms with Gasteiger partial charge in [0, 0.05) is 5.69 Å². The van der Waals surface area contributed by atoms with Crippen LogP contribution in [0.5, 0.6) is 0 Å². The second-order valence-corrected chi connectivity index (χ2v) is 7.65. The lowest BCUT2D eigenvalue weighted by Gasteiger charge is -2.11. The Labute approximate surface area is 179 Å². The molecular formula is C23H22N4O2S. The van der Waals surface area contributed by atoms with Gasteiger partial charge in [-0.15, -0.1) is 10.2 Å². The van der Waals surface area contributed by atoms with Gasteiger partial charge < -0.3 is 9.73 Å². The summed E-state index contributed by atoms with van der Waals surface area (Å²) in [6.45, 7) is 2.66. The lowest BCUT2D eigenvalue weighted by Crippen LogP contribution is -2.16. The van der Waals surface area contributed by atoms with Crippen molar-refractivity contribution in [3.05, 3.63) is 84.1 Å². The molecule has 2 aromatic carbocycles. The van der Waals surface area contributed by atoms with Crippen molar-refractivity contribution >= 4 is 23.4 Å². The minimum atomic E-state index is -0.0743. The van der Waals surface area contributed by atoms with Crippen molar-refractivity contribution in [2.45, 2.75) is 25.0 Å². The van der Waals surface area contributed by atoms with Crippen LogP contribution < -0.4 is 5.32 Å². The Bertz CT molecular complexity index is 1110. The number of anilines is 1. The van der Waals surface area contributed by atoms with Crippen molar-refractivity contribution < 1.29 is 9.21 Å². The molecule has 1 amide bonds. The maximum Gasteiger partial charge on any atom is 0.234 e. The molecule has 0 unspecified atom stereocenters. The van der Waals surface area contributed by atoms with Gasteiger partial charge in [0.05, 0.1) is 18.6 Å². The number of aromatic nitrogens is 3. The van der Waals surface area contributed by atoms with Crippen LogP contribution >= 0.6 is 11.8 Å². The minimum Gasteiger partial charge on any atom is -0.461 e. The number of nitrogens with one attached hydrogen (secondary N) is 1. The molecule has 0 bridgehead atoms. The third-order valence-electron chi connectivity index (χ3n) is 4.65. The van der Waals surface area contributed by atoms with E-state index in [2.05, 4.69) is 34.6 Å². The lowest BCUT2D eigenvalue weighted by molar-refractivity contribution is -0.113. The molecule has 0 aliphatic heterocycles. The number of furan rings is 1. The standard InChI is InChI=1S/C23H22N4O2S/c1-2-18-11-6-7-12-19(18)24-21(28)16-30-23-26-25-22(20-13-8-14-29-20)27(23)15-17-9-4-3-5-10-17/h3-14H,2,15-16H2,1H3,(H,24,28). The summed E-state index contributed by atoms with van der Waals surface area (Å²) in [7, 11) is 0. The monoisotopic (exact) mass is 418 g/mol. The Kier molecular flexibility index (Phi) is 6.29. The van der Waals surface area contributed by atoms with E-state index in [1.807, 2.05) is 59.2 Å². The maximum absolute atomic E-state index is 12.6. The van der Waals surface area contributed by atoms with Crippen LogP contribution in [-0.4, -0.2) is 26.4 Å². The summed E-state index contributed by atoms with van der Waals surface area (Å²) in [5.74, 6) is 1.45. The predicted molar refractivity (Wildman–Crippen MR) is 118 cm³/mol. The molecule has 0 saturated carbocycles. The molecular weight excluding hydrogens is 396 g/mol. The number of carbonyl (C=O) groups is 1. The van der Waals surface area contributed by atoms with Crippen LogP contribution in [-0.2, 0) is 17.8 Å². The molecule has 0 spiro atoms. The number of hydrogen-bond acceptors (Lipinski definition) is 5. The van der Waals surface area contributed by atoms with Crippen molar-refractivity contribution in [2.75, 3.05) is 11.1 Å². The Balaban J connectivity index is 1.51. The molecule has 2 heterocycles. The Morgan fingerprint density at radius 2 is 1.83 bits per heavy atom. The number of carbonyl (C=O) groups excluding carboxylic acids is 1. The Morgan fingerprint density at radius 3 is 2.60 bits per heavy atom. The van der Waals surface area contributed by atoms with Gasteiger partial charge in [0.1, 0.15) is 0 Å². The summed E-state index contributed by atoms with van der Waals surface area (Å²) in [4.78, 5) is 12.6. The molecule has 0 aliphatic carbocycles. The molecule has 0 saturated heterocycles. The van der Waals surface area contributed by atoms with Gasteiger partial charge >= 0.3 is 0 Å². The summed E-state index contributed by atoms with van der Waals surface area (Å²) >= 11 is 1.36. The highest BCUT2D eigenvalue weighted by Crippen LogP contribution is 2.26. The highest BCUT2D eigenvalue weighted by molar-refractivity contribution is 7.99. The topological polar surface area (TPSA) is 73.0 Å². The Hall–Kier alpha value is -3.32. The summed E-state index contributed by atoms with van der Waals surface area (Å²) in [6.07, 6.45) is 2.48. The third kappa shape index (κ3) is 4.63. The van der Waals surface area contributed by atoms with E-state index in [0.29, 0.717) is 23.3 Å². The summed E-state index contributed by atoms with van der Waals surface area (Å²) < 4.78 is 7.51. The van der Waals surface area contributed by atoms with E-state index in [1.54, 1.807) is 6.26 Å². The highest BCUT2D eigenvalue weighted by Gasteiger charge is 2.18. The fourth-order valence-electron chi connectivity index (χ4n) is 3.16. The zero-order valence-corrected chi connectivity index (χ0v) is 17.4. The van der Waals surface area contributed by atoms with Gasteiger partial charge in [-0.2, -0.15) is 0 Å². The fraction of sp³-hybridized carbons (Fsp3) is 0.174. The quantitative estimate of drug-likeness (QED) is 0.413. The number of nitrogens with zero attached hydrogens (tertiary/aromatic N) is 3. The molecule has 30 heavy (non-hydrogen) atoms. The molecule has 4 rings (SSSR count). The molecule has 4 aromatic rings. The van der Waals surface area contributed by atoms with Crippen molar-refractivity contribution in [1.29, 1.82) is 0 Å². The number of hydrogen-bond donors (Lipinski definition) is 1. The minimum absolute atomic E-state index is 0.0743. The number of rotatable bonds is 8. The number of aryl methyl sites for hydroxylation is 1. The summed E-state index contributed by atoms with van der Waals surface area (Å²) in [6, 6.07) is 21.6. The summed E-state index contributed by atoms with van der Waals surface area (Å²) in [5.41, 5.74) is 3.09. The second kappa shape index (κ2) is 9.45. The van der Waals surface area contributed by atoms with E-state index in [4.69, 9.17) is 4.42 Å². The fourth-order valence-corrected chi connectivity index (χ4v) is 3.90. The molecule has 2 aromatic heterocycles. The number of thioether (sulfide) groups is 1. The third-order valence-corrected chi connectivity index (χ3v) is 5.61. The molecule has 0 radical (unpaired) electrons. The van der Waals surface area contributed by atoms with Gasteiger partial charge in [-0.05, 0) is 35.7 Å². The van der Waals surface area contributed by atoms with Crippen molar-refractivity contribution in [3.8, 4) is 11.6 Å². The van der Waals surface area contributed by atoms with E-state index in [1.165, 1.54) is 11.8 Å². The van der Waals surface area contributed by atoms with Gasteiger partial charge in [0.25, 0.3) is 0 Å². The second-order valence-electron chi connectivity index (χ2n) is 6.70. The van der Waals surface area contributed by atoms with Gasteiger partial charge in [-0.25, -0.2) is 0 Å². The molecule has 0 fully saturated rings. The van der Waals surface area contributed by atoms with Gasteiger partial charge in [0.15, 0.2) is 10.9 Å². The van der Waals surface area contributed by atoms with E-state index in [0.717, 1.165) is 23.2 Å². The van der Waals surface area contributed by atoms with Crippen LogP contribution in [0.1, 0.15) is 18.1 Å². The zero-order chi connectivity index (χ0) is 20.8. The average Bonchev–Trinajstić information content (AvgIpc) is 3.43. The van der Waals surface area contributed by atoms with Crippen LogP contribution in [0.15, 0.2) is 82.6 Å². The molecule has 7 heteroatoms. The van der Waals surface area contributed by atoms with Crippen LogP contribution in [0.4, 0.5) is 5.69 Å². The molecule has 1 N–H and O–H groups in total. The predicted octanol–water partition coefficient (Wildman–Crippen LogP) is 4.88. The Morgan fingerprint density at radius 1 is 1.03 bits per heavy atom. The maximum atomic E-state index is 12.6. The van der Waals surface area contributed by atoms with E-state index in [9.17, 15) is 4.79 Å². The smallest absolute Gasteiger partial charge is 0.234 e. The summed E-state index contributed by atoms with van der Waals surface area (Å²) in [5, 5.41) is 12.3. The van der Waals surface area contributed by atoms with Gasteiger partial charge in [-0.1, -0.05) is 67.2 Å². The number of para-hydroxylation sites is 1. The highest BCUT2D eigenvalue weighted by atomic mass is 32.2. The zero-order valence-electron chi connectivity index (χ0n) is 16.6. The normalized spacial score (nSPS) is 10.8. The molecule has 0 aliphatic rings. The molecule has 6 nitrogen and oxygen atoms in total. The van der Waals surface area contributed by atoms with Crippen LogP contribution in [0.2, 0.25) is 0 Å². The van der Waals surface area contributed by atoms with E-state index < -0.39 is 0 Å². The van der Waals surface area contributed by atoms with Gasteiger partial charge in [-0.3, -0.25) is 9.36 Å². The van der Waals surface area contributed by atoms with E-state index >= 15 is 0 Å². The number of benzene rings is 2. The van der Waals surface area contributed by atoms with Crippen LogP contribution in [0, 0.1) is 0 Å². The van der Waals surface area contributed by atoms with Crippen LogP contribution in [0.25, 0.3) is 11.6 Å². The average molecular weight is 419 g/mol. The first-order chi connectivity index (χ1) is 14.7. The SMILES string of the molecule is CCc1ccccc1NC(=O)CSc1nnc(-c2ccco2)n1Cc1ccccc1. The van der Waals surface area contributed by atoms with Crippen molar-refractivity contribution in [2.24, 2.45) is 0 Å². The van der Waals surface area contributed by atoms with E-state index in [-0.39, 0.29) is 11.7 Å². The lowest BCUT2D eigenvalue weighted by atomic mass is 10.1. The first-order valence-electron chi connectivity index (χ1n) is 9.76. The molecule has 0 atom stereocenters.